The van der Waals surface area contributed by atoms with Crippen molar-refractivity contribution in [2.45, 2.75) is 45.3 Å². The lowest BCUT2D eigenvalue weighted by Gasteiger charge is -2.32. The number of hydrogen-bond donors (Lipinski definition) is 2. The molecule has 1 fully saturated rings. The van der Waals surface area contributed by atoms with Crippen molar-refractivity contribution in [3.8, 4) is 0 Å². The zero-order valence-electron chi connectivity index (χ0n) is 15.9. The third kappa shape index (κ3) is 6.88. The third-order valence-corrected chi connectivity index (χ3v) is 4.03. The number of hydrogen-bond acceptors (Lipinski definition) is 4. The lowest BCUT2D eigenvalue weighted by Crippen LogP contribution is -2.49. The fourth-order valence-corrected chi connectivity index (χ4v) is 2.75. The number of piperidine rings is 1. The highest BCUT2D eigenvalue weighted by Crippen LogP contribution is 2.14. The molecule has 0 aliphatic carbocycles. The van der Waals surface area contributed by atoms with Gasteiger partial charge in [-0.2, -0.15) is 0 Å². The summed E-state index contributed by atoms with van der Waals surface area (Å²) in [6.07, 6.45) is 0.591. The zero-order valence-corrected chi connectivity index (χ0v) is 15.9. The van der Waals surface area contributed by atoms with Crippen LogP contribution in [0.3, 0.4) is 0 Å². The Morgan fingerprint density at radius 1 is 1.15 bits per heavy atom. The van der Waals surface area contributed by atoms with Gasteiger partial charge in [0.05, 0.1) is 0 Å². The summed E-state index contributed by atoms with van der Waals surface area (Å²) in [4.78, 5) is 37.6. The van der Waals surface area contributed by atoms with E-state index in [0.29, 0.717) is 31.5 Å². The van der Waals surface area contributed by atoms with E-state index in [4.69, 9.17) is 4.74 Å². The van der Waals surface area contributed by atoms with Gasteiger partial charge >= 0.3 is 6.09 Å². The zero-order chi connectivity index (χ0) is 20.0. The molecular weight excluding hydrogens is 353 g/mol. The SMILES string of the molecule is CC(C)(C)OC(=O)NCC(=O)NC1CCN(C(=O)c2ccc(F)cc2)CC1. The van der Waals surface area contributed by atoms with Gasteiger partial charge < -0.3 is 20.3 Å². The number of nitrogens with zero attached hydrogens (tertiary/aromatic N) is 1. The van der Waals surface area contributed by atoms with Gasteiger partial charge in [-0.15, -0.1) is 0 Å². The van der Waals surface area contributed by atoms with Crippen molar-refractivity contribution in [2.24, 2.45) is 0 Å². The summed E-state index contributed by atoms with van der Waals surface area (Å²) in [5.74, 6) is -0.830. The predicted octanol–water partition coefficient (Wildman–Crippen LogP) is 2.07. The number of amides is 3. The first-order chi connectivity index (χ1) is 12.6. The number of halogens is 1. The first-order valence-electron chi connectivity index (χ1n) is 8.95. The van der Waals surface area contributed by atoms with Crippen LogP contribution in [0.5, 0.6) is 0 Å². The van der Waals surface area contributed by atoms with Crippen LogP contribution in [0.1, 0.15) is 44.0 Å². The molecule has 1 heterocycles. The summed E-state index contributed by atoms with van der Waals surface area (Å²) in [5, 5.41) is 5.26. The molecule has 1 aliphatic rings. The van der Waals surface area contributed by atoms with Gasteiger partial charge in [0.15, 0.2) is 0 Å². The van der Waals surface area contributed by atoms with E-state index in [1.54, 1.807) is 25.7 Å². The predicted molar refractivity (Wildman–Crippen MR) is 97.7 cm³/mol. The molecule has 2 N–H and O–H groups in total. The second kappa shape index (κ2) is 8.83. The summed E-state index contributed by atoms with van der Waals surface area (Å²) >= 11 is 0. The van der Waals surface area contributed by atoms with E-state index in [9.17, 15) is 18.8 Å². The Morgan fingerprint density at radius 2 is 1.74 bits per heavy atom. The molecule has 0 unspecified atom stereocenters. The van der Waals surface area contributed by atoms with Gasteiger partial charge in [0.25, 0.3) is 5.91 Å². The van der Waals surface area contributed by atoms with Crippen molar-refractivity contribution >= 4 is 17.9 Å². The minimum absolute atomic E-state index is 0.0600. The molecule has 8 heteroatoms. The maximum atomic E-state index is 13.0. The second-order valence-electron chi connectivity index (χ2n) is 7.50. The van der Waals surface area contributed by atoms with Crippen molar-refractivity contribution in [2.75, 3.05) is 19.6 Å². The van der Waals surface area contributed by atoms with Gasteiger partial charge in [0.1, 0.15) is 18.0 Å². The van der Waals surface area contributed by atoms with Crippen molar-refractivity contribution in [3.05, 3.63) is 35.6 Å². The molecule has 3 amide bonds. The van der Waals surface area contributed by atoms with Gasteiger partial charge in [-0.1, -0.05) is 0 Å². The molecule has 2 rings (SSSR count). The lowest BCUT2D eigenvalue weighted by molar-refractivity contribution is -0.121. The molecule has 0 aromatic heterocycles. The summed E-state index contributed by atoms with van der Waals surface area (Å²) < 4.78 is 18.0. The summed E-state index contributed by atoms with van der Waals surface area (Å²) in [5.41, 5.74) is -0.176. The molecule has 0 atom stereocenters. The van der Waals surface area contributed by atoms with Crippen LogP contribution in [0.25, 0.3) is 0 Å². The highest BCUT2D eigenvalue weighted by atomic mass is 19.1. The van der Waals surface area contributed by atoms with Gasteiger partial charge in [-0.25, -0.2) is 9.18 Å². The Hall–Kier alpha value is -2.64. The Balaban J connectivity index is 1.72. The average molecular weight is 379 g/mol. The number of carbonyl (C=O) groups is 3. The highest BCUT2D eigenvalue weighted by molar-refractivity contribution is 5.94. The molecule has 0 spiro atoms. The van der Waals surface area contributed by atoms with E-state index in [1.165, 1.54) is 24.3 Å². The topological polar surface area (TPSA) is 87.7 Å². The van der Waals surface area contributed by atoms with Crippen LogP contribution < -0.4 is 10.6 Å². The standard InChI is InChI=1S/C19H26FN3O4/c1-19(2,3)27-18(26)21-12-16(24)22-15-8-10-23(11-9-15)17(25)13-4-6-14(20)7-5-13/h4-7,15H,8-12H2,1-3H3,(H,21,26)(H,22,24). The van der Waals surface area contributed by atoms with E-state index >= 15 is 0 Å². The maximum Gasteiger partial charge on any atom is 0.408 e. The average Bonchev–Trinajstić information content (AvgIpc) is 2.59. The van der Waals surface area contributed by atoms with Crippen LogP contribution >= 0.6 is 0 Å². The number of alkyl carbamates (subject to hydrolysis) is 1. The van der Waals surface area contributed by atoms with Crippen LogP contribution in [0.4, 0.5) is 9.18 Å². The van der Waals surface area contributed by atoms with E-state index in [1.807, 2.05) is 0 Å². The summed E-state index contributed by atoms with van der Waals surface area (Å²) in [6.45, 7) is 6.07. The normalized spacial score (nSPS) is 15.2. The van der Waals surface area contributed by atoms with E-state index in [0.717, 1.165) is 0 Å². The third-order valence-electron chi connectivity index (χ3n) is 4.03. The molecule has 7 nitrogen and oxygen atoms in total. The van der Waals surface area contributed by atoms with Crippen LogP contribution in [-0.4, -0.2) is 54.1 Å². The Labute approximate surface area is 158 Å². The number of ether oxygens (including phenoxy) is 1. The molecule has 1 aromatic rings. The van der Waals surface area contributed by atoms with E-state index < -0.39 is 11.7 Å². The molecule has 0 saturated carbocycles. The van der Waals surface area contributed by atoms with E-state index in [-0.39, 0.29) is 30.2 Å². The molecule has 148 valence electrons. The van der Waals surface area contributed by atoms with E-state index in [2.05, 4.69) is 10.6 Å². The summed E-state index contributed by atoms with van der Waals surface area (Å²) in [7, 11) is 0. The van der Waals surface area contributed by atoms with Crippen LogP contribution in [-0.2, 0) is 9.53 Å². The smallest absolute Gasteiger partial charge is 0.408 e. The largest absolute Gasteiger partial charge is 0.444 e. The van der Waals surface area contributed by atoms with Gasteiger partial charge in [-0.05, 0) is 57.9 Å². The second-order valence-corrected chi connectivity index (χ2v) is 7.50. The first-order valence-corrected chi connectivity index (χ1v) is 8.95. The Morgan fingerprint density at radius 3 is 2.30 bits per heavy atom. The number of carbonyl (C=O) groups excluding carboxylic acids is 3. The highest BCUT2D eigenvalue weighted by Gasteiger charge is 2.25. The monoisotopic (exact) mass is 379 g/mol. The lowest BCUT2D eigenvalue weighted by atomic mass is 10.0. The van der Waals surface area contributed by atoms with Gasteiger partial charge in [0.2, 0.25) is 5.91 Å². The fraction of sp³-hybridized carbons (Fsp3) is 0.526. The Bertz CT molecular complexity index is 677. The van der Waals surface area contributed by atoms with Crippen LogP contribution in [0.15, 0.2) is 24.3 Å². The molecule has 0 radical (unpaired) electrons. The minimum Gasteiger partial charge on any atom is -0.444 e. The molecule has 0 bridgehead atoms. The van der Waals surface area contributed by atoms with Crippen LogP contribution in [0.2, 0.25) is 0 Å². The van der Waals surface area contributed by atoms with Crippen molar-refractivity contribution in [1.82, 2.24) is 15.5 Å². The maximum absolute atomic E-state index is 13.0. The number of nitrogens with one attached hydrogen (secondary N) is 2. The molecular formula is C19H26FN3O4. The van der Waals surface area contributed by atoms with Gasteiger partial charge in [-0.3, -0.25) is 9.59 Å². The molecule has 1 saturated heterocycles. The van der Waals surface area contributed by atoms with Gasteiger partial charge in [0, 0.05) is 24.7 Å². The van der Waals surface area contributed by atoms with Crippen molar-refractivity contribution in [3.63, 3.8) is 0 Å². The summed E-state index contributed by atoms with van der Waals surface area (Å²) in [6, 6.07) is 5.40. The molecule has 1 aliphatic heterocycles. The number of likely N-dealkylation sites (tertiary alicyclic amines) is 1. The quantitative estimate of drug-likeness (QED) is 0.838. The van der Waals surface area contributed by atoms with Crippen molar-refractivity contribution in [1.29, 1.82) is 0 Å². The Kier molecular flexibility index (Phi) is 6.76. The first kappa shape index (κ1) is 20.7. The number of rotatable bonds is 4. The molecule has 27 heavy (non-hydrogen) atoms. The van der Waals surface area contributed by atoms with Crippen molar-refractivity contribution < 1.29 is 23.5 Å². The van der Waals surface area contributed by atoms with Crippen LogP contribution in [0, 0.1) is 5.82 Å². The number of benzene rings is 1. The minimum atomic E-state index is -0.641. The fourth-order valence-electron chi connectivity index (χ4n) is 2.75. The molecule has 1 aromatic carbocycles.